The molecule has 5 nitrogen and oxygen atoms in total. The summed E-state index contributed by atoms with van der Waals surface area (Å²) in [5.74, 6) is -1.93. The molecule has 4 saturated carbocycles. The van der Waals surface area contributed by atoms with E-state index in [0.717, 1.165) is 51.4 Å². The standard InChI is InChI=1S/C22H33F3O5S/c23-20(22(24,25)31(26,27)28)17-12-13-11-16(17)19-18(13)29-21(30-19,14-7-3-1-4-8-14)15-9-5-2-6-10-15/h13-20H,1-12H2,(H,26,27,28). The monoisotopic (exact) mass is 466 g/mol. The highest BCUT2D eigenvalue weighted by atomic mass is 32.2. The van der Waals surface area contributed by atoms with Crippen molar-refractivity contribution in [3.8, 4) is 0 Å². The Morgan fingerprint density at radius 3 is 1.90 bits per heavy atom. The van der Waals surface area contributed by atoms with Crippen molar-refractivity contribution < 1.29 is 35.6 Å². The maximum atomic E-state index is 14.8. The van der Waals surface area contributed by atoms with E-state index in [4.69, 9.17) is 14.0 Å². The Labute approximate surface area is 182 Å². The van der Waals surface area contributed by atoms with Crippen molar-refractivity contribution in [2.75, 3.05) is 0 Å². The first-order valence-electron chi connectivity index (χ1n) is 12.0. The van der Waals surface area contributed by atoms with Crippen LogP contribution in [0.25, 0.3) is 0 Å². The second-order valence-corrected chi connectivity index (χ2v) is 12.0. The third-order valence-corrected chi connectivity index (χ3v) is 9.85. The minimum atomic E-state index is -5.82. The van der Waals surface area contributed by atoms with Crippen LogP contribution in [0.15, 0.2) is 0 Å². The van der Waals surface area contributed by atoms with Gasteiger partial charge in [0.05, 0.1) is 12.2 Å². The van der Waals surface area contributed by atoms with E-state index in [0.29, 0.717) is 6.42 Å². The summed E-state index contributed by atoms with van der Waals surface area (Å²) < 4.78 is 87.6. The van der Waals surface area contributed by atoms with Crippen molar-refractivity contribution in [1.29, 1.82) is 0 Å². The van der Waals surface area contributed by atoms with Crippen LogP contribution in [0, 0.1) is 29.6 Å². The van der Waals surface area contributed by atoms with Crippen molar-refractivity contribution >= 4 is 10.1 Å². The highest BCUT2D eigenvalue weighted by Crippen LogP contribution is 2.62. The first-order chi connectivity index (χ1) is 14.6. The quantitative estimate of drug-likeness (QED) is 0.571. The molecule has 0 aromatic carbocycles. The van der Waals surface area contributed by atoms with Gasteiger partial charge in [0, 0.05) is 17.8 Å². The molecule has 5 aliphatic rings. The number of rotatable bonds is 5. The summed E-state index contributed by atoms with van der Waals surface area (Å²) in [6, 6.07) is 0. The zero-order valence-electron chi connectivity index (χ0n) is 17.7. The molecule has 2 bridgehead atoms. The molecule has 1 heterocycles. The summed E-state index contributed by atoms with van der Waals surface area (Å²) in [7, 11) is -5.82. The molecule has 178 valence electrons. The third kappa shape index (κ3) is 3.48. The van der Waals surface area contributed by atoms with Gasteiger partial charge in [0.1, 0.15) is 0 Å². The van der Waals surface area contributed by atoms with Crippen LogP contribution in [-0.4, -0.2) is 42.4 Å². The Bertz CT molecular complexity index is 760. The molecule has 0 radical (unpaired) electrons. The lowest BCUT2D eigenvalue weighted by Gasteiger charge is -2.46. The van der Waals surface area contributed by atoms with Gasteiger partial charge < -0.3 is 9.47 Å². The Morgan fingerprint density at radius 2 is 1.39 bits per heavy atom. The Kier molecular flexibility index (Phi) is 5.67. The number of hydrogen-bond acceptors (Lipinski definition) is 4. The summed E-state index contributed by atoms with van der Waals surface area (Å²) in [5, 5.41) is -4.80. The van der Waals surface area contributed by atoms with Crippen LogP contribution in [0.5, 0.6) is 0 Å². The molecule has 1 aliphatic heterocycles. The average Bonchev–Trinajstić information content (AvgIpc) is 3.44. The zero-order valence-corrected chi connectivity index (χ0v) is 18.5. The zero-order chi connectivity index (χ0) is 22.0. The van der Waals surface area contributed by atoms with Gasteiger partial charge in [-0.15, -0.1) is 0 Å². The molecule has 5 fully saturated rings. The highest BCUT2D eigenvalue weighted by Gasteiger charge is 2.69. The third-order valence-electron chi connectivity index (χ3n) is 8.94. The molecule has 1 saturated heterocycles. The number of halogens is 3. The Balaban J connectivity index is 1.40. The predicted octanol–water partition coefficient (Wildman–Crippen LogP) is 5.10. The van der Waals surface area contributed by atoms with E-state index in [2.05, 4.69) is 0 Å². The van der Waals surface area contributed by atoms with Crippen molar-refractivity contribution in [1.82, 2.24) is 0 Å². The van der Waals surface area contributed by atoms with Crippen LogP contribution < -0.4 is 0 Å². The minimum absolute atomic E-state index is 0.107. The van der Waals surface area contributed by atoms with Gasteiger partial charge in [0.2, 0.25) is 0 Å². The molecule has 6 atom stereocenters. The fourth-order valence-corrected chi connectivity index (χ4v) is 7.99. The molecule has 0 aromatic rings. The Hall–Kier alpha value is -0.380. The van der Waals surface area contributed by atoms with E-state index < -0.39 is 45.3 Å². The van der Waals surface area contributed by atoms with Crippen LogP contribution in [-0.2, 0) is 19.6 Å². The van der Waals surface area contributed by atoms with Crippen molar-refractivity contribution in [2.45, 2.75) is 106 Å². The molecular formula is C22H33F3O5S. The summed E-state index contributed by atoms with van der Waals surface area (Å²) in [5.41, 5.74) is 0. The van der Waals surface area contributed by atoms with Gasteiger partial charge in [0.15, 0.2) is 12.0 Å². The van der Waals surface area contributed by atoms with Gasteiger partial charge in [0.25, 0.3) is 0 Å². The van der Waals surface area contributed by atoms with E-state index in [1.807, 2.05) is 0 Å². The molecule has 31 heavy (non-hydrogen) atoms. The van der Waals surface area contributed by atoms with E-state index >= 15 is 0 Å². The molecule has 6 unspecified atom stereocenters. The summed E-state index contributed by atoms with van der Waals surface area (Å²) in [4.78, 5) is 0. The number of ether oxygens (including phenoxy) is 2. The highest BCUT2D eigenvalue weighted by molar-refractivity contribution is 7.86. The maximum Gasteiger partial charge on any atom is 0.400 e. The lowest BCUT2D eigenvalue weighted by Crippen LogP contribution is -2.49. The molecular weight excluding hydrogens is 433 g/mol. The van der Waals surface area contributed by atoms with E-state index in [1.165, 1.54) is 12.8 Å². The van der Waals surface area contributed by atoms with Crippen molar-refractivity contribution in [3.05, 3.63) is 0 Å². The molecule has 1 N–H and O–H groups in total. The minimum Gasteiger partial charge on any atom is -0.343 e. The van der Waals surface area contributed by atoms with Crippen molar-refractivity contribution in [2.24, 2.45) is 29.6 Å². The maximum absolute atomic E-state index is 14.8. The topological polar surface area (TPSA) is 72.8 Å². The Morgan fingerprint density at radius 1 is 0.871 bits per heavy atom. The fraction of sp³-hybridized carbons (Fsp3) is 1.00. The lowest BCUT2D eigenvalue weighted by molar-refractivity contribution is -0.263. The van der Waals surface area contributed by atoms with Gasteiger partial charge >= 0.3 is 15.4 Å². The van der Waals surface area contributed by atoms with E-state index in [-0.39, 0.29) is 30.3 Å². The van der Waals surface area contributed by atoms with Crippen LogP contribution in [0.2, 0.25) is 0 Å². The number of hydrogen-bond donors (Lipinski definition) is 1. The van der Waals surface area contributed by atoms with Gasteiger partial charge in [-0.25, -0.2) is 4.39 Å². The normalized spacial score (nSPS) is 40.2. The summed E-state index contributed by atoms with van der Waals surface area (Å²) >= 11 is 0. The van der Waals surface area contributed by atoms with Crippen LogP contribution in [0.1, 0.15) is 77.0 Å². The molecule has 4 aliphatic carbocycles. The first-order valence-corrected chi connectivity index (χ1v) is 13.4. The van der Waals surface area contributed by atoms with E-state index in [9.17, 15) is 21.6 Å². The van der Waals surface area contributed by atoms with Crippen LogP contribution in [0.3, 0.4) is 0 Å². The second kappa shape index (κ2) is 7.84. The number of alkyl halides is 3. The average molecular weight is 467 g/mol. The lowest BCUT2D eigenvalue weighted by atomic mass is 9.72. The van der Waals surface area contributed by atoms with Crippen LogP contribution >= 0.6 is 0 Å². The van der Waals surface area contributed by atoms with Gasteiger partial charge in [-0.3, -0.25) is 4.55 Å². The molecule has 0 spiro atoms. The summed E-state index contributed by atoms with van der Waals surface area (Å²) in [6.07, 6.45) is 8.05. The number of fused-ring (bicyclic) bond motifs is 5. The smallest absolute Gasteiger partial charge is 0.343 e. The van der Waals surface area contributed by atoms with Gasteiger partial charge in [-0.2, -0.15) is 17.2 Å². The van der Waals surface area contributed by atoms with E-state index in [1.54, 1.807) is 0 Å². The molecule has 5 rings (SSSR count). The molecule has 0 amide bonds. The molecule has 9 heteroatoms. The van der Waals surface area contributed by atoms with Crippen LogP contribution in [0.4, 0.5) is 13.2 Å². The SMILES string of the molecule is O=S(=O)(O)C(F)(F)C(F)C1CC2CC1C1OC(C3CCCCC3)(C3CCCCC3)OC21. The summed E-state index contributed by atoms with van der Waals surface area (Å²) in [6.45, 7) is 0. The largest absolute Gasteiger partial charge is 0.400 e. The van der Waals surface area contributed by atoms with Gasteiger partial charge in [-0.05, 0) is 50.4 Å². The first kappa shape index (κ1) is 22.4. The predicted molar refractivity (Wildman–Crippen MR) is 107 cm³/mol. The fourth-order valence-electron chi connectivity index (χ4n) is 7.53. The molecule has 0 aromatic heterocycles. The van der Waals surface area contributed by atoms with Gasteiger partial charge in [-0.1, -0.05) is 38.5 Å². The van der Waals surface area contributed by atoms with Crippen molar-refractivity contribution in [3.63, 3.8) is 0 Å². The second-order valence-electron chi connectivity index (χ2n) is 10.6.